The van der Waals surface area contributed by atoms with Crippen LogP contribution in [0.5, 0.6) is 0 Å². The van der Waals surface area contributed by atoms with Crippen LogP contribution in [0.2, 0.25) is 0 Å². The Morgan fingerprint density at radius 2 is 1.77 bits per heavy atom. The lowest BCUT2D eigenvalue weighted by Gasteiger charge is -2.62. The van der Waals surface area contributed by atoms with Crippen molar-refractivity contribution in [3.05, 3.63) is 11.6 Å². The van der Waals surface area contributed by atoms with Crippen LogP contribution < -0.4 is 0 Å². The fourth-order valence-corrected chi connectivity index (χ4v) is 9.51. The Balaban J connectivity index is 1.65. The predicted octanol–water partition coefficient (Wildman–Crippen LogP) is 7.14. The predicted molar refractivity (Wildman–Crippen MR) is 130 cm³/mol. The normalized spacial score (nSPS) is 48.0. The lowest BCUT2D eigenvalue weighted by molar-refractivity contribution is -0.0908. The average molecular weight is 431 g/mol. The highest BCUT2D eigenvalue weighted by Crippen LogP contribution is 2.73. The quantitative estimate of drug-likeness (QED) is 0.440. The average Bonchev–Trinajstić information content (AvgIpc) is 2.95. The molecule has 4 rings (SSSR count). The highest BCUT2D eigenvalue weighted by molar-refractivity contribution is 5.35. The number of hydrogen-bond acceptors (Lipinski definition) is 2. The van der Waals surface area contributed by atoms with Gasteiger partial charge in [0.1, 0.15) is 0 Å². The molecular formula is C29H50O2. The van der Waals surface area contributed by atoms with E-state index < -0.39 is 0 Å². The second kappa shape index (κ2) is 8.46. The van der Waals surface area contributed by atoms with Crippen molar-refractivity contribution >= 4 is 0 Å². The summed E-state index contributed by atoms with van der Waals surface area (Å²) in [6.45, 7) is 14.6. The van der Waals surface area contributed by atoms with Crippen LogP contribution in [0.4, 0.5) is 0 Å². The molecule has 9 unspecified atom stereocenters. The van der Waals surface area contributed by atoms with Crippen molar-refractivity contribution in [3.63, 3.8) is 0 Å². The van der Waals surface area contributed by atoms with Gasteiger partial charge in [-0.2, -0.15) is 0 Å². The molecule has 0 spiro atoms. The van der Waals surface area contributed by atoms with Crippen molar-refractivity contribution in [1.29, 1.82) is 0 Å². The smallest absolute Gasteiger partial charge is 0.0641 e. The number of allylic oxidation sites excluding steroid dienone is 1. The first-order chi connectivity index (χ1) is 14.6. The third kappa shape index (κ3) is 3.49. The first kappa shape index (κ1) is 23.8. The second-order valence-corrected chi connectivity index (χ2v) is 13.0. The van der Waals surface area contributed by atoms with E-state index in [1.807, 2.05) is 0 Å². The third-order valence-corrected chi connectivity index (χ3v) is 11.3. The Bertz CT molecular complexity index is 682. The number of aliphatic hydroxyl groups is 2. The summed E-state index contributed by atoms with van der Waals surface area (Å²) < 4.78 is 0. The van der Waals surface area contributed by atoms with E-state index in [2.05, 4.69) is 47.6 Å². The SMILES string of the molecule is CCC12C3=CCC4CC(O)CCC4(C)C3CCC1(C)C(C(C)CCCC(C)C)CC2O. The van der Waals surface area contributed by atoms with Gasteiger partial charge in [0.25, 0.3) is 0 Å². The molecule has 0 saturated heterocycles. The van der Waals surface area contributed by atoms with Crippen LogP contribution in [0, 0.1) is 45.8 Å². The monoisotopic (exact) mass is 430 g/mol. The summed E-state index contributed by atoms with van der Waals surface area (Å²) in [5.41, 5.74) is 2.14. The molecule has 0 bridgehead atoms. The summed E-state index contributed by atoms with van der Waals surface area (Å²) in [4.78, 5) is 0. The van der Waals surface area contributed by atoms with Crippen molar-refractivity contribution in [2.45, 2.75) is 124 Å². The fraction of sp³-hybridized carbons (Fsp3) is 0.931. The highest BCUT2D eigenvalue weighted by atomic mass is 16.3. The maximum absolute atomic E-state index is 11.8. The molecule has 2 heteroatoms. The van der Waals surface area contributed by atoms with Gasteiger partial charge in [-0.15, -0.1) is 0 Å². The van der Waals surface area contributed by atoms with Crippen LogP contribution in [0.1, 0.15) is 112 Å². The third-order valence-electron chi connectivity index (χ3n) is 11.3. The molecule has 0 aromatic heterocycles. The molecule has 0 aromatic rings. The van der Waals surface area contributed by atoms with Gasteiger partial charge in [-0.25, -0.2) is 0 Å². The summed E-state index contributed by atoms with van der Waals surface area (Å²) >= 11 is 0. The van der Waals surface area contributed by atoms with E-state index in [4.69, 9.17) is 0 Å². The second-order valence-electron chi connectivity index (χ2n) is 13.0. The lowest BCUT2D eigenvalue weighted by Crippen LogP contribution is -2.56. The zero-order valence-corrected chi connectivity index (χ0v) is 21.3. The maximum Gasteiger partial charge on any atom is 0.0641 e. The lowest BCUT2D eigenvalue weighted by atomic mass is 9.42. The molecular weight excluding hydrogens is 380 g/mol. The van der Waals surface area contributed by atoms with Crippen LogP contribution in [0.25, 0.3) is 0 Å². The van der Waals surface area contributed by atoms with E-state index in [9.17, 15) is 10.2 Å². The van der Waals surface area contributed by atoms with Crippen molar-refractivity contribution in [2.75, 3.05) is 0 Å². The van der Waals surface area contributed by atoms with Gasteiger partial charge in [-0.1, -0.05) is 72.5 Å². The summed E-state index contributed by atoms with van der Waals surface area (Å²) in [7, 11) is 0. The number of fused-ring (bicyclic) bond motifs is 5. The zero-order valence-electron chi connectivity index (χ0n) is 21.3. The van der Waals surface area contributed by atoms with Crippen LogP contribution in [-0.4, -0.2) is 22.4 Å². The summed E-state index contributed by atoms with van der Waals surface area (Å²) in [5.74, 6) is 3.34. The van der Waals surface area contributed by atoms with Gasteiger partial charge < -0.3 is 10.2 Å². The first-order valence-corrected chi connectivity index (χ1v) is 13.7. The standard InChI is InChI=1S/C29H50O2/c1-7-29-24-12-11-21-17-22(30)13-15-27(21,5)23(24)14-16-28(29,6)25(18-26(29)31)20(4)10-8-9-19(2)3/h12,19-23,25-26,30-31H,7-11,13-18H2,1-6H3. The minimum Gasteiger partial charge on any atom is -0.393 e. The maximum atomic E-state index is 11.8. The van der Waals surface area contributed by atoms with E-state index in [0.717, 1.165) is 44.4 Å². The van der Waals surface area contributed by atoms with Gasteiger partial charge >= 0.3 is 0 Å². The van der Waals surface area contributed by atoms with Crippen LogP contribution in [-0.2, 0) is 0 Å². The van der Waals surface area contributed by atoms with Gasteiger partial charge in [0.05, 0.1) is 12.2 Å². The van der Waals surface area contributed by atoms with Gasteiger partial charge in [-0.05, 0) is 91.8 Å². The Morgan fingerprint density at radius 3 is 2.45 bits per heavy atom. The van der Waals surface area contributed by atoms with Crippen molar-refractivity contribution < 1.29 is 10.2 Å². The molecule has 9 atom stereocenters. The molecule has 3 saturated carbocycles. The Kier molecular flexibility index (Phi) is 6.50. The molecule has 0 aromatic carbocycles. The molecule has 3 fully saturated rings. The molecule has 0 heterocycles. The van der Waals surface area contributed by atoms with Gasteiger partial charge in [0.15, 0.2) is 0 Å². The van der Waals surface area contributed by atoms with Gasteiger partial charge in [0.2, 0.25) is 0 Å². The van der Waals surface area contributed by atoms with Crippen LogP contribution in [0.3, 0.4) is 0 Å². The first-order valence-electron chi connectivity index (χ1n) is 13.7. The van der Waals surface area contributed by atoms with E-state index in [-0.39, 0.29) is 23.0 Å². The number of rotatable bonds is 6. The summed E-state index contributed by atoms with van der Waals surface area (Å²) in [6.07, 6.45) is 15.1. The molecule has 2 nitrogen and oxygen atoms in total. The minimum absolute atomic E-state index is 0.0308. The molecule has 4 aliphatic rings. The van der Waals surface area contributed by atoms with Crippen LogP contribution >= 0.6 is 0 Å². The van der Waals surface area contributed by atoms with E-state index in [1.165, 1.54) is 32.1 Å². The van der Waals surface area contributed by atoms with E-state index in [0.29, 0.717) is 29.1 Å². The Hall–Kier alpha value is -0.340. The Morgan fingerprint density at radius 1 is 1.03 bits per heavy atom. The topological polar surface area (TPSA) is 40.5 Å². The van der Waals surface area contributed by atoms with Gasteiger partial charge in [-0.3, -0.25) is 0 Å². The molecule has 0 amide bonds. The largest absolute Gasteiger partial charge is 0.393 e. The van der Waals surface area contributed by atoms with Gasteiger partial charge in [0, 0.05) is 5.41 Å². The van der Waals surface area contributed by atoms with Crippen molar-refractivity contribution in [1.82, 2.24) is 0 Å². The molecule has 0 aliphatic heterocycles. The highest BCUT2D eigenvalue weighted by Gasteiger charge is 2.68. The zero-order chi connectivity index (χ0) is 22.6. The van der Waals surface area contributed by atoms with E-state index >= 15 is 0 Å². The molecule has 178 valence electrons. The molecule has 0 radical (unpaired) electrons. The molecule has 4 aliphatic carbocycles. The van der Waals surface area contributed by atoms with Crippen LogP contribution in [0.15, 0.2) is 11.6 Å². The van der Waals surface area contributed by atoms with Crippen molar-refractivity contribution in [2.24, 2.45) is 45.8 Å². The number of aliphatic hydroxyl groups excluding tert-OH is 2. The minimum atomic E-state index is -0.191. The summed E-state index contributed by atoms with van der Waals surface area (Å²) in [6, 6.07) is 0. The number of hydrogen-bond donors (Lipinski definition) is 2. The summed E-state index contributed by atoms with van der Waals surface area (Å²) in [5, 5.41) is 22.1. The molecule has 2 N–H and O–H groups in total. The Labute approximate surface area is 192 Å². The fourth-order valence-electron chi connectivity index (χ4n) is 9.51. The van der Waals surface area contributed by atoms with E-state index in [1.54, 1.807) is 5.57 Å². The van der Waals surface area contributed by atoms with Crippen molar-refractivity contribution in [3.8, 4) is 0 Å². The molecule has 31 heavy (non-hydrogen) atoms.